The highest BCUT2D eigenvalue weighted by molar-refractivity contribution is 7.22. The molecular weight excluding hydrogens is 961 g/mol. The number of hydrogen-bond acceptors (Lipinski definition) is 4. The third kappa shape index (κ3) is 4.65. The molecule has 4 aromatic heterocycles. The van der Waals surface area contributed by atoms with E-state index in [0.717, 1.165) is 44.2 Å². The summed E-state index contributed by atoms with van der Waals surface area (Å²) in [5.41, 5.74) is 25.2. The first-order chi connectivity index (χ1) is 37.7. The van der Waals surface area contributed by atoms with Crippen LogP contribution in [0.15, 0.2) is 239 Å². The molecule has 15 aromatic rings. The fourth-order valence-corrected chi connectivity index (χ4v) is 17.3. The summed E-state index contributed by atoms with van der Waals surface area (Å²) in [6.07, 6.45) is 0. The van der Waals surface area contributed by atoms with E-state index < -0.39 is 10.8 Å². The van der Waals surface area contributed by atoms with Crippen molar-refractivity contribution in [3.05, 3.63) is 275 Å². The lowest BCUT2D eigenvalue weighted by Gasteiger charge is -2.32. The fourth-order valence-electron chi connectivity index (χ4n) is 15.1. The maximum Gasteiger partial charge on any atom is 0.144 e. The molecule has 4 heterocycles. The van der Waals surface area contributed by atoms with Crippen molar-refractivity contribution in [3.63, 3.8) is 0 Å². The van der Waals surface area contributed by atoms with Crippen LogP contribution in [0.4, 0.5) is 0 Å². The Morgan fingerprint density at radius 1 is 0.276 bits per heavy atom. The second kappa shape index (κ2) is 14.0. The Morgan fingerprint density at radius 2 is 0.618 bits per heavy atom. The molecule has 0 amide bonds. The molecule has 0 fully saturated rings. The number of furan rings is 2. The molecule has 19 rings (SSSR count). The molecule has 2 nitrogen and oxygen atoms in total. The molecule has 4 aliphatic carbocycles. The maximum atomic E-state index is 7.25. The van der Waals surface area contributed by atoms with E-state index in [4.69, 9.17) is 8.83 Å². The largest absolute Gasteiger partial charge is 0.455 e. The molecule has 0 aliphatic heterocycles. The van der Waals surface area contributed by atoms with Gasteiger partial charge in [-0.3, -0.25) is 0 Å². The number of fused-ring (bicyclic) bond motifs is 30. The van der Waals surface area contributed by atoms with Crippen molar-refractivity contribution in [2.24, 2.45) is 0 Å². The lowest BCUT2D eigenvalue weighted by Crippen LogP contribution is -2.27. The Morgan fingerprint density at radius 3 is 1.03 bits per heavy atom. The minimum absolute atomic E-state index is 0.666. The summed E-state index contributed by atoms with van der Waals surface area (Å²) in [4.78, 5) is 2.41. The lowest BCUT2D eigenvalue weighted by molar-refractivity contribution is 0.669. The minimum atomic E-state index is -0.666. The monoisotopic (exact) mass is 998 g/mol. The summed E-state index contributed by atoms with van der Waals surface area (Å²) < 4.78 is 17.0. The third-order valence-corrected chi connectivity index (χ3v) is 20.2. The highest BCUT2D eigenvalue weighted by atomic mass is 32.1. The Labute approximate surface area is 444 Å². The van der Waals surface area contributed by atoms with E-state index >= 15 is 0 Å². The van der Waals surface area contributed by atoms with E-state index in [1.807, 2.05) is 22.7 Å². The molecule has 0 N–H and O–H groups in total. The van der Waals surface area contributed by atoms with Gasteiger partial charge in [0.25, 0.3) is 0 Å². The van der Waals surface area contributed by atoms with Crippen molar-refractivity contribution >= 4 is 86.7 Å². The third-order valence-electron chi connectivity index (χ3n) is 17.9. The van der Waals surface area contributed by atoms with Gasteiger partial charge >= 0.3 is 0 Å². The molecule has 0 saturated heterocycles. The van der Waals surface area contributed by atoms with Crippen LogP contribution in [0.2, 0.25) is 0 Å². The summed E-state index contributed by atoms with van der Waals surface area (Å²) in [6, 6.07) is 87.0. The van der Waals surface area contributed by atoms with Gasteiger partial charge in [-0.1, -0.05) is 170 Å². The van der Waals surface area contributed by atoms with Crippen LogP contribution in [0.1, 0.15) is 44.5 Å². The topological polar surface area (TPSA) is 26.3 Å². The van der Waals surface area contributed by atoms with Gasteiger partial charge in [-0.2, -0.15) is 0 Å². The summed E-state index contributed by atoms with van der Waals surface area (Å²) >= 11 is 3.70. The fraction of sp³-hybridized carbons (Fsp3) is 0.0278. The van der Waals surface area contributed by atoms with Gasteiger partial charge in [-0.05, 0) is 160 Å². The lowest BCUT2D eigenvalue weighted by atomic mass is 9.68. The molecule has 0 saturated carbocycles. The second-order valence-electron chi connectivity index (χ2n) is 21.2. The van der Waals surface area contributed by atoms with Gasteiger partial charge in [-0.25, -0.2) is 0 Å². The van der Waals surface area contributed by atoms with E-state index in [9.17, 15) is 0 Å². The molecule has 0 atom stereocenters. The Bertz CT molecular complexity index is 4670. The average Bonchev–Trinajstić information content (AvgIpc) is 4.54. The predicted octanol–water partition coefficient (Wildman–Crippen LogP) is 19.9. The zero-order chi connectivity index (χ0) is 49.2. The predicted molar refractivity (Wildman–Crippen MR) is 315 cm³/mol. The van der Waals surface area contributed by atoms with Crippen LogP contribution in [0.3, 0.4) is 0 Å². The SMILES string of the molecule is c1ccc2c(c1)-c1ccccc1C21c2cc3c(cc2-c2c1cc(-c1cc4ccccc4s1)c1oc4ccccc4c21)C1(c2ccccc2-c2ccccc21)c1cc(-c2cc4ccccc4s2)c2oc4ccccc4c2c1-3. The molecule has 0 bridgehead atoms. The zero-order valence-corrected chi connectivity index (χ0v) is 42.2. The molecule has 76 heavy (non-hydrogen) atoms. The van der Waals surface area contributed by atoms with Crippen LogP contribution in [-0.2, 0) is 10.8 Å². The van der Waals surface area contributed by atoms with Crippen LogP contribution in [-0.4, -0.2) is 0 Å². The Hall–Kier alpha value is -9.06. The summed E-state index contributed by atoms with van der Waals surface area (Å²) in [7, 11) is 0. The number of benzene rings is 11. The molecule has 0 radical (unpaired) electrons. The maximum absolute atomic E-state index is 7.25. The molecular formula is C72H38O2S2. The van der Waals surface area contributed by atoms with Crippen LogP contribution >= 0.6 is 22.7 Å². The quantitative estimate of drug-likeness (QED) is 0.172. The van der Waals surface area contributed by atoms with Crippen molar-refractivity contribution in [3.8, 4) is 65.4 Å². The van der Waals surface area contributed by atoms with Gasteiger partial charge in [-0.15, -0.1) is 22.7 Å². The van der Waals surface area contributed by atoms with Crippen LogP contribution < -0.4 is 0 Å². The van der Waals surface area contributed by atoms with Crippen LogP contribution in [0, 0.1) is 0 Å². The zero-order valence-electron chi connectivity index (χ0n) is 40.6. The number of rotatable bonds is 2. The first-order valence-corrected chi connectivity index (χ1v) is 27.8. The van der Waals surface area contributed by atoms with Gasteiger partial charge in [0.2, 0.25) is 0 Å². The Balaban J connectivity index is 1.03. The number of thiophene rings is 2. The van der Waals surface area contributed by atoms with Crippen molar-refractivity contribution in [2.45, 2.75) is 10.8 Å². The smallest absolute Gasteiger partial charge is 0.144 e. The van der Waals surface area contributed by atoms with Gasteiger partial charge in [0.1, 0.15) is 22.3 Å². The van der Waals surface area contributed by atoms with Crippen molar-refractivity contribution in [1.29, 1.82) is 0 Å². The summed E-state index contributed by atoms with van der Waals surface area (Å²) in [6.45, 7) is 0. The standard InChI is InChI=1S/C72H38O2S2/c1-15-31-61-39(17-1)33-63(75-61)49-37-57-65(67-45-23-7-13-29-59(45)73-69(49)67)47-35-56-48(36-55(47)71(57)51-25-9-3-19-41(51)42-20-4-10-26-52(42)71)66-58(72(56)53-27-11-5-21-43(53)44-22-6-12-28-54(44)72)38-50(64-34-40-18-2-16-32-62(40)76-64)70-68(66)46-24-8-14-30-60(46)74-70/h1-38H. The van der Waals surface area contributed by atoms with Gasteiger partial charge in [0.15, 0.2) is 0 Å². The van der Waals surface area contributed by atoms with Crippen molar-refractivity contribution in [1.82, 2.24) is 0 Å². The van der Waals surface area contributed by atoms with Gasteiger partial charge < -0.3 is 8.83 Å². The highest BCUT2D eigenvalue weighted by Crippen LogP contribution is 2.70. The minimum Gasteiger partial charge on any atom is -0.455 e. The van der Waals surface area contributed by atoms with Crippen molar-refractivity contribution < 1.29 is 8.83 Å². The molecule has 4 heteroatoms. The van der Waals surface area contributed by atoms with E-state index in [1.54, 1.807) is 0 Å². The normalized spacial score (nSPS) is 14.5. The van der Waals surface area contributed by atoms with E-state index in [1.165, 1.54) is 130 Å². The van der Waals surface area contributed by atoms with E-state index in [0.29, 0.717) is 0 Å². The molecule has 2 spiro atoms. The van der Waals surface area contributed by atoms with Gasteiger partial charge in [0.05, 0.1) is 10.8 Å². The second-order valence-corrected chi connectivity index (χ2v) is 23.4. The summed E-state index contributed by atoms with van der Waals surface area (Å²) in [5, 5.41) is 7.10. The van der Waals surface area contributed by atoms with E-state index in [-0.39, 0.29) is 0 Å². The summed E-state index contributed by atoms with van der Waals surface area (Å²) in [5.74, 6) is 0. The van der Waals surface area contributed by atoms with Crippen LogP contribution in [0.5, 0.6) is 0 Å². The molecule has 0 unspecified atom stereocenters. The van der Waals surface area contributed by atoms with E-state index in [2.05, 4.69) is 231 Å². The first-order valence-electron chi connectivity index (χ1n) is 26.2. The van der Waals surface area contributed by atoms with Crippen molar-refractivity contribution in [2.75, 3.05) is 0 Å². The average molecular weight is 999 g/mol. The molecule has 4 aliphatic rings. The molecule has 11 aromatic carbocycles. The Kier molecular flexibility index (Phi) is 7.43. The number of para-hydroxylation sites is 2. The number of hydrogen-bond donors (Lipinski definition) is 0. The highest BCUT2D eigenvalue weighted by Gasteiger charge is 2.57. The van der Waals surface area contributed by atoms with Crippen LogP contribution in [0.25, 0.3) is 129 Å². The molecule has 350 valence electrons. The van der Waals surface area contributed by atoms with Gasteiger partial charge in [0, 0.05) is 51.8 Å². The first kappa shape index (κ1) is 40.3.